The van der Waals surface area contributed by atoms with Crippen LogP contribution in [0.3, 0.4) is 0 Å². The summed E-state index contributed by atoms with van der Waals surface area (Å²) in [6.45, 7) is 7.14. The van der Waals surface area contributed by atoms with Gasteiger partial charge < -0.3 is 15.0 Å². The molecule has 1 aliphatic heterocycles. The standard InChI is InChI=1S/C16H23BrN2O2/c1-16(2,3)21-15(20)19-9-5-8-14(11-19)18-13-7-4-6-12(17)10-13/h4,6-7,10,14,18H,5,8-9,11H2,1-3H3/t14-/m0/s1. The van der Waals surface area contributed by atoms with Gasteiger partial charge in [-0.25, -0.2) is 4.79 Å². The lowest BCUT2D eigenvalue weighted by Gasteiger charge is -2.34. The van der Waals surface area contributed by atoms with Crippen molar-refractivity contribution in [1.29, 1.82) is 0 Å². The molecule has 1 saturated heterocycles. The van der Waals surface area contributed by atoms with Gasteiger partial charge in [-0.15, -0.1) is 0 Å². The summed E-state index contributed by atoms with van der Waals surface area (Å²) in [6, 6.07) is 8.35. The molecule has 0 radical (unpaired) electrons. The fourth-order valence-corrected chi connectivity index (χ4v) is 2.80. The number of hydrogen-bond donors (Lipinski definition) is 1. The normalized spacial score (nSPS) is 19.2. The van der Waals surface area contributed by atoms with Crippen molar-refractivity contribution in [3.8, 4) is 0 Å². The van der Waals surface area contributed by atoms with E-state index < -0.39 is 5.60 Å². The molecule has 116 valence electrons. The highest BCUT2D eigenvalue weighted by Crippen LogP contribution is 2.21. The van der Waals surface area contributed by atoms with E-state index in [1.807, 2.05) is 45.0 Å². The number of nitrogens with zero attached hydrogens (tertiary/aromatic N) is 1. The number of likely N-dealkylation sites (tertiary alicyclic amines) is 1. The number of carbonyl (C=O) groups excluding carboxylic acids is 1. The topological polar surface area (TPSA) is 41.6 Å². The molecule has 1 N–H and O–H groups in total. The average molecular weight is 355 g/mol. The number of halogens is 1. The number of piperidine rings is 1. The van der Waals surface area contributed by atoms with E-state index in [1.165, 1.54) is 0 Å². The molecule has 0 bridgehead atoms. The molecule has 1 aliphatic rings. The van der Waals surface area contributed by atoms with Gasteiger partial charge in [0.05, 0.1) is 0 Å². The van der Waals surface area contributed by atoms with Crippen LogP contribution < -0.4 is 5.32 Å². The monoisotopic (exact) mass is 354 g/mol. The Morgan fingerprint density at radius 2 is 2.19 bits per heavy atom. The number of benzene rings is 1. The molecule has 0 aromatic heterocycles. The predicted molar refractivity (Wildman–Crippen MR) is 88.6 cm³/mol. The first-order valence-corrected chi connectivity index (χ1v) is 8.13. The van der Waals surface area contributed by atoms with E-state index in [0.717, 1.165) is 29.5 Å². The smallest absolute Gasteiger partial charge is 0.410 e. The lowest BCUT2D eigenvalue weighted by atomic mass is 10.1. The summed E-state index contributed by atoms with van der Waals surface area (Å²) < 4.78 is 6.49. The summed E-state index contributed by atoms with van der Waals surface area (Å²) in [6.07, 6.45) is 1.83. The van der Waals surface area contributed by atoms with Crippen molar-refractivity contribution in [2.75, 3.05) is 18.4 Å². The fourth-order valence-electron chi connectivity index (χ4n) is 2.40. The van der Waals surface area contributed by atoms with E-state index in [9.17, 15) is 4.79 Å². The second-order valence-electron chi connectivity index (χ2n) is 6.42. The maximum atomic E-state index is 12.1. The molecule has 2 rings (SSSR count). The molecule has 21 heavy (non-hydrogen) atoms. The van der Waals surface area contributed by atoms with Crippen LogP contribution in [0.15, 0.2) is 28.7 Å². The number of rotatable bonds is 2. The Hall–Kier alpha value is -1.23. The van der Waals surface area contributed by atoms with Crippen molar-refractivity contribution in [2.45, 2.75) is 45.3 Å². The first-order chi connectivity index (χ1) is 9.83. The van der Waals surface area contributed by atoms with Crippen LogP contribution in [0.25, 0.3) is 0 Å². The van der Waals surface area contributed by atoms with Crippen LogP contribution >= 0.6 is 15.9 Å². The Bertz CT molecular complexity index is 499. The van der Waals surface area contributed by atoms with Gasteiger partial charge in [0.1, 0.15) is 5.60 Å². The molecular formula is C16H23BrN2O2. The van der Waals surface area contributed by atoms with Crippen LogP contribution in [0.4, 0.5) is 10.5 Å². The van der Waals surface area contributed by atoms with Gasteiger partial charge >= 0.3 is 6.09 Å². The maximum absolute atomic E-state index is 12.1. The van der Waals surface area contributed by atoms with Crippen LogP contribution in [-0.4, -0.2) is 35.7 Å². The fraction of sp³-hybridized carbons (Fsp3) is 0.562. The van der Waals surface area contributed by atoms with Gasteiger partial charge in [-0.1, -0.05) is 22.0 Å². The molecule has 1 heterocycles. The Balaban J connectivity index is 1.93. The van der Waals surface area contributed by atoms with Gasteiger partial charge in [0.15, 0.2) is 0 Å². The molecule has 1 atom stereocenters. The van der Waals surface area contributed by atoms with Crippen LogP contribution in [-0.2, 0) is 4.74 Å². The van der Waals surface area contributed by atoms with Crippen LogP contribution in [0.5, 0.6) is 0 Å². The third kappa shape index (κ3) is 5.23. The Morgan fingerprint density at radius 1 is 1.43 bits per heavy atom. The molecule has 1 amide bonds. The summed E-state index contributed by atoms with van der Waals surface area (Å²) in [5.41, 5.74) is 0.627. The Kier molecular flexibility index (Phi) is 5.14. The van der Waals surface area contributed by atoms with Gasteiger partial charge in [0.25, 0.3) is 0 Å². The van der Waals surface area contributed by atoms with Crippen molar-refractivity contribution in [3.05, 3.63) is 28.7 Å². The predicted octanol–water partition coefficient (Wildman–Crippen LogP) is 4.26. The third-order valence-electron chi connectivity index (χ3n) is 3.27. The van der Waals surface area contributed by atoms with Crippen molar-refractivity contribution in [2.24, 2.45) is 0 Å². The van der Waals surface area contributed by atoms with Crippen molar-refractivity contribution in [1.82, 2.24) is 4.90 Å². The first-order valence-electron chi connectivity index (χ1n) is 7.33. The van der Waals surface area contributed by atoms with E-state index in [4.69, 9.17) is 4.74 Å². The van der Waals surface area contributed by atoms with E-state index in [0.29, 0.717) is 6.54 Å². The van der Waals surface area contributed by atoms with E-state index in [1.54, 1.807) is 4.90 Å². The zero-order valence-corrected chi connectivity index (χ0v) is 14.4. The van der Waals surface area contributed by atoms with E-state index in [2.05, 4.69) is 21.2 Å². The molecule has 1 aromatic carbocycles. The quantitative estimate of drug-likeness (QED) is 0.862. The van der Waals surface area contributed by atoms with Crippen molar-refractivity contribution < 1.29 is 9.53 Å². The number of carbonyl (C=O) groups is 1. The highest BCUT2D eigenvalue weighted by atomic mass is 79.9. The maximum Gasteiger partial charge on any atom is 0.410 e. The second-order valence-corrected chi connectivity index (χ2v) is 7.34. The lowest BCUT2D eigenvalue weighted by Crippen LogP contribution is -2.46. The Morgan fingerprint density at radius 3 is 2.86 bits per heavy atom. The summed E-state index contributed by atoms with van der Waals surface area (Å²) >= 11 is 3.47. The van der Waals surface area contributed by atoms with E-state index >= 15 is 0 Å². The lowest BCUT2D eigenvalue weighted by molar-refractivity contribution is 0.0206. The second kappa shape index (κ2) is 6.69. The summed E-state index contributed by atoms with van der Waals surface area (Å²) in [7, 11) is 0. The summed E-state index contributed by atoms with van der Waals surface area (Å²) in [5.74, 6) is 0. The highest BCUT2D eigenvalue weighted by Gasteiger charge is 2.27. The zero-order valence-electron chi connectivity index (χ0n) is 12.9. The molecule has 1 fully saturated rings. The molecular weight excluding hydrogens is 332 g/mol. The summed E-state index contributed by atoms with van der Waals surface area (Å²) in [5, 5.41) is 3.49. The molecule has 0 unspecified atom stereocenters. The van der Waals surface area contributed by atoms with Crippen LogP contribution in [0, 0.1) is 0 Å². The molecule has 0 aliphatic carbocycles. The number of nitrogens with one attached hydrogen (secondary N) is 1. The molecule has 0 spiro atoms. The molecule has 4 nitrogen and oxygen atoms in total. The minimum atomic E-state index is -0.443. The van der Waals surface area contributed by atoms with Gasteiger partial charge in [-0.2, -0.15) is 0 Å². The minimum absolute atomic E-state index is 0.219. The zero-order chi connectivity index (χ0) is 15.5. The minimum Gasteiger partial charge on any atom is -0.444 e. The van der Waals surface area contributed by atoms with Gasteiger partial charge in [-0.3, -0.25) is 0 Å². The highest BCUT2D eigenvalue weighted by molar-refractivity contribution is 9.10. The van der Waals surface area contributed by atoms with Gasteiger partial charge in [-0.05, 0) is 51.8 Å². The van der Waals surface area contributed by atoms with E-state index in [-0.39, 0.29) is 12.1 Å². The Labute approximate surface area is 135 Å². The SMILES string of the molecule is CC(C)(C)OC(=O)N1CCC[C@H](Nc2cccc(Br)c2)C1. The average Bonchev–Trinajstić information content (AvgIpc) is 2.37. The van der Waals surface area contributed by atoms with Crippen molar-refractivity contribution >= 4 is 27.7 Å². The number of anilines is 1. The van der Waals surface area contributed by atoms with Crippen LogP contribution in [0.1, 0.15) is 33.6 Å². The van der Waals surface area contributed by atoms with Crippen LogP contribution in [0.2, 0.25) is 0 Å². The van der Waals surface area contributed by atoms with Crippen molar-refractivity contribution in [3.63, 3.8) is 0 Å². The number of hydrogen-bond acceptors (Lipinski definition) is 3. The number of ether oxygens (including phenoxy) is 1. The molecule has 5 heteroatoms. The van der Waals surface area contributed by atoms with Gasteiger partial charge in [0.2, 0.25) is 0 Å². The third-order valence-corrected chi connectivity index (χ3v) is 3.76. The number of amides is 1. The first kappa shape index (κ1) is 16.1. The molecule has 0 saturated carbocycles. The summed E-state index contributed by atoms with van der Waals surface area (Å²) in [4.78, 5) is 13.9. The largest absolute Gasteiger partial charge is 0.444 e. The molecule has 1 aromatic rings. The van der Waals surface area contributed by atoms with Gasteiger partial charge in [0, 0.05) is 29.3 Å².